The molecule has 0 radical (unpaired) electrons. The molecule has 4 aromatic rings. The Morgan fingerprint density at radius 2 is 1.80 bits per heavy atom. The zero-order valence-corrected chi connectivity index (χ0v) is 23.5. The van der Waals surface area contributed by atoms with Gasteiger partial charge in [0.05, 0.1) is 36.8 Å². The summed E-state index contributed by atoms with van der Waals surface area (Å²) in [7, 11) is 0. The summed E-state index contributed by atoms with van der Waals surface area (Å²) in [5.74, 6) is 1.16. The topological polar surface area (TPSA) is 118 Å². The van der Waals surface area contributed by atoms with Crippen molar-refractivity contribution < 1.29 is 24.2 Å². The van der Waals surface area contributed by atoms with E-state index in [1.54, 1.807) is 9.58 Å². The van der Waals surface area contributed by atoms with Crippen LogP contribution in [0.25, 0.3) is 16.5 Å². The van der Waals surface area contributed by atoms with E-state index in [0.717, 1.165) is 27.7 Å². The minimum atomic E-state index is -0.414. The summed E-state index contributed by atoms with van der Waals surface area (Å²) in [6.45, 7) is 8.17. The van der Waals surface area contributed by atoms with Gasteiger partial charge in [0.1, 0.15) is 24.8 Å². The molecule has 0 saturated carbocycles. The van der Waals surface area contributed by atoms with Crippen LogP contribution in [0.1, 0.15) is 32.0 Å². The SMILES string of the molecule is CC(C)(C)c1cc(NC(=O)Nc2ccc(OCCN3CCOCC3=O)c3ccccc23)n(-c2ccc(CO)cc2)n1. The third kappa shape index (κ3) is 6.50. The first-order valence-electron chi connectivity index (χ1n) is 13.6. The number of hydrogen-bond acceptors (Lipinski definition) is 6. The molecule has 1 aliphatic rings. The second-order valence-corrected chi connectivity index (χ2v) is 10.9. The van der Waals surface area contributed by atoms with E-state index in [-0.39, 0.29) is 24.5 Å². The van der Waals surface area contributed by atoms with Crippen LogP contribution in [-0.2, 0) is 21.6 Å². The van der Waals surface area contributed by atoms with Gasteiger partial charge in [-0.05, 0) is 29.8 Å². The van der Waals surface area contributed by atoms with Crippen LogP contribution in [-0.4, -0.2) is 64.6 Å². The van der Waals surface area contributed by atoms with E-state index in [1.165, 1.54) is 0 Å². The van der Waals surface area contributed by atoms with Crippen molar-refractivity contribution in [3.05, 3.63) is 78.0 Å². The van der Waals surface area contributed by atoms with Crippen molar-refractivity contribution in [2.75, 3.05) is 43.5 Å². The molecule has 10 heteroatoms. The summed E-state index contributed by atoms with van der Waals surface area (Å²) in [6, 6.07) is 20.1. The number of aliphatic hydroxyl groups is 1. The van der Waals surface area contributed by atoms with Gasteiger partial charge in [-0.15, -0.1) is 0 Å². The molecular weight excluding hydrogens is 522 g/mol. The highest BCUT2D eigenvalue weighted by Gasteiger charge is 2.22. The average molecular weight is 558 g/mol. The number of morpholine rings is 1. The average Bonchev–Trinajstić information content (AvgIpc) is 3.39. The molecule has 5 rings (SSSR count). The number of carbonyl (C=O) groups excluding carboxylic acids is 2. The number of anilines is 2. The molecule has 1 aromatic heterocycles. The lowest BCUT2D eigenvalue weighted by atomic mass is 9.92. The van der Waals surface area contributed by atoms with Crippen LogP contribution in [0.3, 0.4) is 0 Å². The first kappa shape index (κ1) is 28.1. The summed E-state index contributed by atoms with van der Waals surface area (Å²) < 4.78 is 12.9. The largest absolute Gasteiger partial charge is 0.491 e. The number of benzene rings is 3. The summed E-state index contributed by atoms with van der Waals surface area (Å²) in [6.07, 6.45) is 0. The van der Waals surface area contributed by atoms with Crippen LogP contribution < -0.4 is 15.4 Å². The monoisotopic (exact) mass is 557 g/mol. The molecule has 0 aliphatic carbocycles. The first-order chi connectivity index (χ1) is 19.7. The van der Waals surface area contributed by atoms with Gasteiger partial charge in [-0.2, -0.15) is 5.10 Å². The van der Waals surface area contributed by atoms with Crippen molar-refractivity contribution in [3.63, 3.8) is 0 Å². The maximum atomic E-state index is 13.3. The Labute approximate surface area is 238 Å². The fourth-order valence-electron chi connectivity index (χ4n) is 4.60. The quantitative estimate of drug-likeness (QED) is 0.289. The Kier molecular flexibility index (Phi) is 8.23. The van der Waals surface area contributed by atoms with Crippen LogP contribution in [0.15, 0.2) is 66.7 Å². The van der Waals surface area contributed by atoms with Gasteiger partial charge < -0.3 is 24.8 Å². The standard InChI is InChI=1S/C31H35N5O5/c1-31(2,3)27-18-28(36(34-27)22-10-8-21(19-37)9-11-22)33-30(39)32-25-12-13-26(24-7-5-4-6-23(24)25)41-17-15-35-14-16-40-20-29(35)38/h4-13,18,37H,14-17,19-20H2,1-3H3,(H2,32,33,39). The highest BCUT2D eigenvalue weighted by Crippen LogP contribution is 2.32. The molecule has 3 N–H and O–H groups in total. The molecule has 2 heterocycles. The highest BCUT2D eigenvalue weighted by atomic mass is 16.5. The summed E-state index contributed by atoms with van der Waals surface area (Å²) in [5.41, 5.74) is 2.77. The van der Waals surface area contributed by atoms with Crippen molar-refractivity contribution in [2.24, 2.45) is 0 Å². The Hall–Kier alpha value is -4.41. The smallest absolute Gasteiger partial charge is 0.324 e. The molecule has 0 bridgehead atoms. The highest BCUT2D eigenvalue weighted by molar-refractivity contribution is 6.07. The van der Waals surface area contributed by atoms with Crippen molar-refractivity contribution in [2.45, 2.75) is 32.8 Å². The lowest BCUT2D eigenvalue weighted by molar-refractivity contribution is -0.143. The molecule has 41 heavy (non-hydrogen) atoms. The maximum absolute atomic E-state index is 13.3. The van der Waals surface area contributed by atoms with Gasteiger partial charge in [0.15, 0.2) is 0 Å². The zero-order valence-electron chi connectivity index (χ0n) is 23.5. The van der Waals surface area contributed by atoms with Gasteiger partial charge in [-0.3, -0.25) is 10.1 Å². The maximum Gasteiger partial charge on any atom is 0.324 e. The van der Waals surface area contributed by atoms with Crippen molar-refractivity contribution in [1.82, 2.24) is 14.7 Å². The molecule has 1 fully saturated rings. The number of urea groups is 1. The van der Waals surface area contributed by atoms with E-state index >= 15 is 0 Å². The van der Waals surface area contributed by atoms with Crippen LogP contribution in [0.4, 0.5) is 16.3 Å². The third-order valence-corrected chi connectivity index (χ3v) is 6.92. The zero-order chi connectivity index (χ0) is 29.0. The molecule has 10 nitrogen and oxygen atoms in total. The molecule has 0 unspecified atom stereocenters. The van der Waals surface area contributed by atoms with Gasteiger partial charge in [0.2, 0.25) is 5.91 Å². The van der Waals surface area contributed by atoms with Crippen molar-refractivity contribution in [1.29, 1.82) is 0 Å². The Bertz CT molecular complexity index is 1540. The predicted octanol–water partition coefficient (Wildman–Crippen LogP) is 4.70. The Morgan fingerprint density at radius 3 is 2.51 bits per heavy atom. The van der Waals surface area contributed by atoms with Crippen molar-refractivity contribution >= 4 is 34.2 Å². The number of carbonyl (C=O) groups is 2. The number of aliphatic hydroxyl groups excluding tert-OH is 1. The summed E-state index contributed by atoms with van der Waals surface area (Å²) >= 11 is 0. The third-order valence-electron chi connectivity index (χ3n) is 6.92. The molecule has 3 amide bonds. The number of rotatable bonds is 8. The number of nitrogens with zero attached hydrogens (tertiary/aromatic N) is 3. The molecular formula is C31H35N5O5. The van der Waals surface area contributed by atoms with E-state index in [9.17, 15) is 14.7 Å². The number of fused-ring (bicyclic) bond motifs is 1. The molecule has 214 valence electrons. The molecule has 1 saturated heterocycles. The minimum Gasteiger partial charge on any atom is -0.491 e. The van der Waals surface area contributed by atoms with E-state index < -0.39 is 6.03 Å². The van der Waals surface area contributed by atoms with Crippen molar-refractivity contribution in [3.8, 4) is 11.4 Å². The van der Waals surface area contributed by atoms with E-state index in [4.69, 9.17) is 14.6 Å². The molecule has 0 spiro atoms. The van der Waals surface area contributed by atoms with E-state index in [0.29, 0.717) is 43.6 Å². The fraction of sp³-hybridized carbons (Fsp3) is 0.323. The normalized spacial score (nSPS) is 13.9. The molecule has 3 aromatic carbocycles. The van der Waals surface area contributed by atoms with Gasteiger partial charge in [-0.1, -0.05) is 57.2 Å². The lowest BCUT2D eigenvalue weighted by Crippen LogP contribution is -2.43. The number of aromatic nitrogens is 2. The Morgan fingerprint density at radius 1 is 1.05 bits per heavy atom. The minimum absolute atomic E-state index is 0.0339. The van der Waals surface area contributed by atoms with Crippen LogP contribution >= 0.6 is 0 Å². The lowest BCUT2D eigenvalue weighted by Gasteiger charge is -2.26. The van der Waals surface area contributed by atoms with Crippen LogP contribution in [0.5, 0.6) is 5.75 Å². The molecule has 1 aliphatic heterocycles. The van der Waals surface area contributed by atoms with Gasteiger partial charge in [0.25, 0.3) is 0 Å². The first-order valence-corrected chi connectivity index (χ1v) is 13.6. The van der Waals surface area contributed by atoms with E-state index in [1.807, 2.05) is 66.7 Å². The van der Waals surface area contributed by atoms with Crippen LogP contribution in [0.2, 0.25) is 0 Å². The van der Waals surface area contributed by atoms with Gasteiger partial charge >= 0.3 is 6.03 Å². The molecule has 0 atom stereocenters. The summed E-state index contributed by atoms with van der Waals surface area (Å²) in [5, 5.41) is 21.8. The number of hydrogen-bond donors (Lipinski definition) is 3. The van der Waals surface area contributed by atoms with Gasteiger partial charge in [-0.25, -0.2) is 9.48 Å². The Balaban J connectivity index is 1.33. The number of nitrogens with one attached hydrogen (secondary N) is 2. The van der Waals surface area contributed by atoms with E-state index in [2.05, 4.69) is 31.4 Å². The second kappa shape index (κ2) is 12.0. The van der Waals surface area contributed by atoms with Gasteiger partial charge in [0, 0.05) is 28.8 Å². The second-order valence-electron chi connectivity index (χ2n) is 10.9. The number of amides is 3. The predicted molar refractivity (Wildman–Crippen MR) is 158 cm³/mol. The summed E-state index contributed by atoms with van der Waals surface area (Å²) in [4.78, 5) is 27.0. The fourth-order valence-corrected chi connectivity index (χ4v) is 4.60. The van der Waals surface area contributed by atoms with Crippen LogP contribution in [0, 0.1) is 0 Å². The number of ether oxygens (including phenoxy) is 2.